The van der Waals surface area contributed by atoms with Gasteiger partial charge in [0.2, 0.25) is 0 Å². The number of esters is 3. The quantitative estimate of drug-likeness (QED) is 0.0127. The van der Waals surface area contributed by atoms with E-state index in [1.54, 1.807) is 149 Å². The molecule has 0 unspecified atom stereocenters. The average molecular weight is 1480 g/mol. The molecule has 0 bridgehead atoms. The van der Waals surface area contributed by atoms with Gasteiger partial charge in [-0.15, -0.1) is 0 Å². The number of pyridine rings is 6. The molecule has 566 valence electrons. The fraction of sp³-hybridized carbons (Fsp3) is 0.296. The lowest BCUT2D eigenvalue weighted by Gasteiger charge is -2.29. The molecule has 6 heterocycles. The summed E-state index contributed by atoms with van der Waals surface area (Å²) in [7, 11) is 6.19. The summed E-state index contributed by atoms with van der Waals surface area (Å²) in [5.74, 6) is -3.52. The first-order valence-corrected chi connectivity index (χ1v) is 35.9. The van der Waals surface area contributed by atoms with Crippen LogP contribution in [-0.2, 0) is 33.8 Å². The first-order chi connectivity index (χ1) is 52.9. The molecular weight excluding hydrogens is 1390 g/mol. The van der Waals surface area contributed by atoms with E-state index < -0.39 is 17.9 Å². The maximum Gasteiger partial charge on any atom is 0.340 e. The van der Waals surface area contributed by atoms with Crippen LogP contribution in [0, 0.1) is 0 Å². The van der Waals surface area contributed by atoms with Gasteiger partial charge in [-0.1, -0.05) is 36.4 Å². The van der Waals surface area contributed by atoms with Crippen molar-refractivity contribution in [1.29, 1.82) is 0 Å². The lowest BCUT2D eigenvalue weighted by Crippen LogP contribution is -2.41. The normalized spacial score (nSPS) is 11.1. The van der Waals surface area contributed by atoms with Crippen LogP contribution in [0.15, 0.2) is 183 Å². The highest BCUT2D eigenvalue weighted by molar-refractivity contribution is 6.00. The van der Waals surface area contributed by atoms with E-state index in [1.165, 1.54) is 18.6 Å². The molecule has 0 aliphatic heterocycles. The highest BCUT2D eigenvalue weighted by Gasteiger charge is 2.22. The number of benzene rings is 3. The molecule has 6 aromatic heterocycles. The number of carbonyl (C=O) groups excluding carboxylic acids is 9. The monoisotopic (exact) mass is 1480 g/mol. The van der Waals surface area contributed by atoms with Crippen LogP contribution in [0.25, 0.3) is 34.2 Å². The van der Waals surface area contributed by atoms with Crippen LogP contribution < -0.4 is 31.9 Å². The van der Waals surface area contributed by atoms with Crippen LogP contribution in [0.5, 0.6) is 0 Å². The molecule has 0 atom stereocenters. The molecular formula is C81H90N16O12. The standard InChI is InChI=1S/C81H90N16O12/c1-7-107-79(104)64-13-10-34-82-70(64)67-31-28-61(49-91-67)76(101)88-40-37-85-73(98)58-22-16-55(17-23-58)52-94(4)43-46-97(47-44-95(5)53-56-18-24-59(25-19-56)74(99)86-38-41-89-77(102)62-29-32-68(92-50-62)71-65(14-11-35-83-71)80(105)108-8-2)48-45-96(6)54-57-20-26-60(27-21-57)75(100)87-39-42-90-78(103)63-30-33-69(93-51-63)72-66(15-12-36-84-72)81(106)109-9-3/h10-36,49-51H,7-9,37-48,52-54H2,1-6H3,(H,85,98)(H,86,99)(H,87,100)(H,88,101)(H,89,102)(H,90,103). The van der Waals surface area contributed by atoms with Gasteiger partial charge in [0, 0.05) is 152 Å². The van der Waals surface area contributed by atoms with Gasteiger partial charge >= 0.3 is 17.9 Å². The van der Waals surface area contributed by atoms with E-state index in [1.807, 2.05) is 36.4 Å². The van der Waals surface area contributed by atoms with Crippen molar-refractivity contribution in [2.75, 3.05) is 120 Å². The summed E-state index contributed by atoms with van der Waals surface area (Å²) in [5.41, 5.74) is 8.49. The SMILES string of the molecule is CCOC(=O)c1cccnc1-c1ccc(C(=O)NCCNC(=O)c2ccc(CN(C)CCN(CCN(C)Cc3ccc(C(=O)NCCNC(=O)c4ccc(-c5ncccc5C(=O)OCC)nc4)cc3)CCN(C)Cc3ccc(C(=O)NCCNC(=O)c4ccc(-c5ncccc5C(=O)OCC)nc4)cc3)cc2)cn1. The Kier molecular flexibility index (Phi) is 30.7. The van der Waals surface area contributed by atoms with E-state index in [0.29, 0.717) is 87.2 Å². The molecule has 28 heteroatoms. The largest absolute Gasteiger partial charge is 0.462 e. The number of aromatic nitrogens is 6. The van der Waals surface area contributed by atoms with Gasteiger partial charge in [-0.25, -0.2) is 14.4 Å². The Morgan fingerprint density at radius 2 is 0.541 bits per heavy atom. The number of hydrogen-bond donors (Lipinski definition) is 6. The first kappa shape index (κ1) is 80.7. The molecule has 0 saturated heterocycles. The van der Waals surface area contributed by atoms with Gasteiger partial charge in [0.05, 0.1) is 70.3 Å². The van der Waals surface area contributed by atoms with E-state index in [-0.39, 0.29) is 111 Å². The zero-order valence-electron chi connectivity index (χ0n) is 61.9. The predicted molar refractivity (Wildman–Crippen MR) is 409 cm³/mol. The molecule has 3 aromatic carbocycles. The van der Waals surface area contributed by atoms with Crippen molar-refractivity contribution in [3.05, 3.63) is 250 Å². The summed E-state index contributed by atoms with van der Waals surface area (Å²) < 4.78 is 15.5. The minimum absolute atomic E-state index is 0.174. The molecule has 9 rings (SSSR count). The summed E-state index contributed by atoms with van der Waals surface area (Å²) >= 11 is 0. The smallest absolute Gasteiger partial charge is 0.340 e. The van der Waals surface area contributed by atoms with Gasteiger partial charge in [0.1, 0.15) is 17.1 Å². The average Bonchev–Trinajstić information content (AvgIpc) is 0.830. The first-order valence-electron chi connectivity index (χ1n) is 35.9. The number of ether oxygens (including phenoxy) is 3. The number of nitrogens with one attached hydrogen (secondary N) is 6. The number of amides is 6. The van der Waals surface area contributed by atoms with E-state index in [9.17, 15) is 43.2 Å². The van der Waals surface area contributed by atoms with Crippen LogP contribution >= 0.6 is 0 Å². The maximum absolute atomic E-state index is 13.2. The number of likely N-dealkylation sites (N-methyl/N-ethyl adjacent to an activating group) is 3. The van der Waals surface area contributed by atoms with Crippen molar-refractivity contribution in [2.45, 2.75) is 40.4 Å². The topological polar surface area (TPSA) is 344 Å². The minimum atomic E-state index is -0.517. The minimum Gasteiger partial charge on any atom is -0.462 e. The van der Waals surface area contributed by atoms with Gasteiger partial charge in [0.25, 0.3) is 35.4 Å². The Morgan fingerprint density at radius 1 is 0.303 bits per heavy atom. The van der Waals surface area contributed by atoms with E-state index >= 15 is 0 Å². The van der Waals surface area contributed by atoms with Gasteiger partial charge < -0.3 is 60.8 Å². The van der Waals surface area contributed by atoms with Gasteiger partial charge in [-0.05, 0) is 168 Å². The molecule has 6 N–H and O–H groups in total. The van der Waals surface area contributed by atoms with E-state index in [4.69, 9.17) is 14.2 Å². The number of carbonyl (C=O) groups is 9. The van der Waals surface area contributed by atoms with Gasteiger partial charge in [0.15, 0.2) is 0 Å². The van der Waals surface area contributed by atoms with Crippen molar-refractivity contribution < 1.29 is 57.4 Å². The Balaban J connectivity index is 0.725. The fourth-order valence-corrected chi connectivity index (χ4v) is 11.4. The highest BCUT2D eigenvalue weighted by Crippen LogP contribution is 2.24. The van der Waals surface area contributed by atoms with Crippen molar-refractivity contribution in [3.8, 4) is 34.2 Å². The zero-order valence-corrected chi connectivity index (χ0v) is 61.9. The van der Waals surface area contributed by atoms with Crippen LogP contribution in [0.4, 0.5) is 0 Å². The lowest BCUT2D eigenvalue weighted by atomic mass is 10.1. The molecule has 9 aromatic rings. The van der Waals surface area contributed by atoms with E-state index in [2.05, 4.69) is 103 Å². The Labute approximate surface area is 632 Å². The Morgan fingerprint density at radius 3 is 0.771 bits per heavy atom. The second-order valence-corrected chi connectivity index (χ2v) is 25.3. The molecule has 0 fully saturated rings. The fourth-order valence-electron chi connectivity index (χ4n) is 11.4. The summed E-state index contributed by atoms with van der Waals surface area (Å²) in [6, 6.07) is 41.7. The third-order valence-electron chi connectivity index (χ3n) is 17.2. The van der Waals surface area contributed by atoms with Crippen molar-refractivity contribution in [1.82, 2.24) is 81.4 Å². The highest BCUT2D eigenvalue weighted by atomic mass is 16.5. The molecule has 109 heavy (non-hydrogen) atoms. The summed E-state index contributed by atoms with van der Waals surface area (Å²) in [5, 5.41) is 17.0. The lowest BCUT2D eigenvalue weighted by molar-refractivity contribution is 0.0517. The molecule has 0 saturated carbocycles. The number of nitrogens with zero attached hydrogens (tertiary/aromatic N) is 10. The molecule has 0 aliphatic rings. The summed E-state index contributed by atoms with van der Waals surface area (Å²) in [4.78, 5) is 151. The van der Waals surface area contributed by atoms with Crippen molar-refractivity contribution in [2.24, 2.45) is 0 Å². The van der Waals surface area contributed by atoms with Crippen LogP contribution in [0.2, 0.25) is 0 Å². The van der Waals surface area contributed by atoms with Crippen LogP contribution in [-0.4, -0.2) is 222 Å². The van der Waals surface area contributed by atoms with Gasteiger partial charge in [-0.2, -0.15) is 0 Å². The molecule has 0 aliphatic carbocycles. The summed E-state index contributed by atoms with van der Waals surface area (Å²) in [6.45, 7) is 13.3. The second kappa shape index (κ2) is 41.5. The second-order valence-electron chi connectivity index (χ2n) is 25.3. The molecule has 28 nitrogen and oxygen atoms in total. The molecule has 0 spiro atoms. The van der Waals surface area contributed by atoms with Crippen LogP contribution in [0.1, 0.15) is 131 Å². The third-order valence-corrected chi connectivity index (χ3v) is 17.2. The maximum atomic E-state index is 13.2. The molecule has 6 amide bonds. The zero-order chi connectivity index (χ0) is 77.4. The van der Waals surface area contributed by atoms with E-state index in [0.717, 1.165) is 56.0 Å². The molecule has 0 radical (unpaired) electrons. The number of hydrogen-bond acceptors (Lipinski definition) is 22. The van der Waals surface area contributed by atoms with Crippen molar-refractivity contribution >= 4 is 53.4 Å². The van der Waals surface area contributed by atoms with Crippen molar-refractivity contribution in [3.63, 3.8) is 0 Å². The number of rotatable bonds is 39. The summed E-state index contributed by atoms with van der Waals surface area (Å²) in [6.07, 6.45) is 8.86. The Bertz CT molecular complexity index is 4100. The predicted octanol–water partition coefficient (Wildman–Crippen LogP) is 7.06. The third kappa shape index (κ3) is 24.3. The van der Waals surface area contributed by atoms with Gasteiger partial charge in [-0.3, -0.25) is 63.6 Å². The van der Waals surface area contributed by atoms with Crippen LogP contribution in [0.3, 0.4) is 0 Å². The Hall–Kier alpha value is -12.4.